The third-order valence-corrected chi connectivity index (χ3v) is 8.85. The van der Waals surface area contributed by atoms with Gasteiger partial charge < -0.3 is 9.47 Å². The SMILES string of the molecule is COC(=O)C1=C(C(=O)OC)SC2C(S1)C21c2ccccc2-c2ccccc21. The van der Waals surface area contributed by atoms with Crippen molar-refractivity contribution in [3.05, 3.63) is 69.5 Å². The average Bonchev–Trinajstić information content (AvgIpc) is 3.29. The Morgan fingerprint density at radius 3 is 1.59 bits per heavy atom. The zero-order valence-electron chi connectivity index (χ0n) is 14.7. The summed E-state index contributed by atoms with van der Waals surface area (Å²) in [5.74, 6) is -0.957. The maximum Gasteiger partial charge on any atom is 0.345 e. The van der Waals surface area contributed by atoms with Crippen molar-refractivity contribution < 1.29 is 19.1 Å². The minimum atomic E-state index is -0.479. The molecule has 2 aromatic rings. The fourth-order valence-electron chi connectivity index (χ4n) is 4.38. The van der Waals surface area contributed by atoms with Gasteiger partial charge >= 0.3 is 11.9 Å². The van der Waals surface area contributed by atoms with Crippen LogP contribution in [-0.4, -0.2) is 36.7 Å². The first-order chi connectivity index (χ1) is 13.1. The monoisotopic (exact) mass is 396 g/mol. The van der Waals surface area contributed by atoms with Crippen molar-refractivity contribution in [2.45, 2.75) is 15.9 Å². The summed E-state index contributed by atoms with van der Waals surface area (Å²) < 4.78 is 9.87. The number of hydrogen-bond donors (Lipinski definition) is 0. The number of carbonyl (C=O) groups is 2. The van der Waals surface area contributed by atoms with Crippen LogP contribution in [0.5, 0.6) is 0 Å². The van der Waals surface area contributed by atoms with Crippen molar-refractivity contribution in [2.24, 2.45) is 0 Å². The van der Waals surface area contributed by atoms with Gasteiger partial charge in [0.15, 0.2) is 0 Å². The van der Waals surface area contributed by atoms with E-state index in [9.17, 15) is 9.59 Å². The molecule has 0 radical (unpaired) electrons. The summed E-state index contributed by atoms with van der Waals surface area (Å²) in [6.07, 6.45) is 0. The highest BCUT2D eigenvalue weighted by Crippen LogP contribution is 2.74. The number of hydrogen-bond acceptors (Lipinski definition) is 6. The molecule has 1 aliphatic heterocycles. The number of rotatable bonds is 2. The van der Waals surface area contributed by atoms with E-state index in [0.29, 0.717) is 9.81 Å². The zero-order valence-corrected chi connectivity index (χ0v) is 16.4. The lowest BCUT2D eigenvalue weighted by Gasteiger charge is -2.14. The molecule has 2 unspecified atom stereocenters. The normalized spacial score (nSPS) is 23.3. The predicted molar refractivity (Wildman–Crippen MR) is 106 cm³/mol. The molecule has 0 bridgehead atoms. The number of thioether (sulfide) groups is 2. The van der Waals surface area contributed by atoms with Crippen molar-refractivity contribution in [1.82, 2.24) is 0 Å². The molecule has 2 atom stereocenters. The lowest BCUT2D eigenvalue weighted by molar-refractivity contribution is -0.138. The molecule has 0 saturated heterocycles. The number of fused-ring (bicyclic) bond motifs is 8. The maximum absolute atomic E-state index is 12.3. The second-order valence-electron chi connectivity index (χ2n) is 6.68. The number of methoxy groups -OCH3 is 2. The summed E-state index contributed by atoms with van der Waals surface area (Å²) in [4.78, 5) is 25.4. The Kier molecular flexibility index (Phi) is 3.71. The molecule has 0 aromatic heterocycles. The van der Waals surface area contributed by atoms with Crippen LogP contribution in [0.15, 0.2) is 58.3 Å². The van der Waals surface area contributed by atoms with Crippen LogP contribution in [0.3, 0.4) is 0 Å². The molecule has 0 amide bonds. The van der Waals surface area contributed by atoms with Crippen molar-refractivity contribution >= 4 is 35.5 Å². The Balaban J connectivity index is 1.65. The van der Waals surface area contributed by atoms with Crippen molar-refractivity contribution in [1.29, 1.82) is 0 Å². The second-order valence-corrected chi connectivity index (χ2v) is 8.98. The lowest BCUT2D eigenvalue weighted by atomic mass is 9.94. The van der Waals surface area contributed by atoms with Gasteiger partial charge in [-0.2, -0.15) is 0 Å². The molecule has 1 fully saturated rings. The highest BCUT2D eigenvalue weighted by Gasteiger charge is 2.72. The van der Waals surface area contributed by atoms with Crippen LogP contribution in [0.4, 0.5) is 0 Å². The van der Waals surface area contributed by atoms with Crippen LogP contribution < -0.4 is 0 Å². The Bertz CT molecular complexity index is 945. The minimum Gasteiger partial charge on any atom is -0.465 e. The molecule has 2 aliphatic carbocycles. The van der Waals surface area contributed by atoms with E-state index in [1.807, 2.05) is 0 Å². The number of benzene rings is 2. The topological polar surface area (TPSA) is 52.6 Å². The van der Waals surface area contributed by atoms with E-state index in [1.54, 1.807) is 0 Å². The molecule has 2 aromatic carbocycles. The van der Waals surface area contributed by atoms with Crippen LogP contribution in [0.2, 0.25) is 0 Å². The second kappa shape index (κ2) is 5.91. The van der Waals surface area contributed by atoms with Gasteiger partial charge in [0.2, 0.25) is 0 Å². The minimum absolute atomic E-state index is 0.176. The van der Waals surface area contributed by atoms with Gasteiger partial charge in [0.25, 0.3) is 0 Å². The first kappa shape index (κ1) is 17.0. The molecule has 6 heteroatoms. The van der Waals surface area contributed by atoms with Crippen molar-refractivity contribution in [3.63, 3.8) is 0 Å². The van der Waals surface area contributed by atoms with E-state index in [-0.39, 0.29) is 15.9 Å². The molecule has 27 heavy (non-hydrogen) atoms. The van der Waals surface area contributed by atoms with Gasteiger partial charge in [-0.05, 0) is 22.3 Å². The fraction of sp³-hybridized carbons (Fsp3) is 0.238. The predicted octanol–water partition coefficient (Wildman–Crippen LogP) is 3.74. The molecule has 5 rings (SSSR count). The summed E-state index contributed by atoms with van der Waals surface area (Å²) >= 11 is 2.90. The van der Waals surface area contributed by atoms with E-state index in [2.05, 4.69) is 48.5 Å². The van der Waals surface area contributed by atoms with Gasteiger partial charge in [-0.3, -0.25) is 0 Å². The summed E-state index contributed by atoms with van der Waals surface area (Å²) in [5.41, 5.74) is 4.83. The van der Waals surface area contributed by atoms with Crippen LogP contribution in [0.1, 0.15) is 11.1 Å². The summed E-state index contributed by atoms with van der Waals surface area (Å²) in [7, 11) is 2.68. The quantitative estimate of drug-likeness (QED) is 0.721. The first-order valence-corrected chi connectivity index (χ1v) is 10.3. The standard InChI is InChI=1S/C21H16O4S2/c1-24-19(22)15-16(20(23)25-2)27-18-17(26-15)21(18)13-9-5-3-7-11(13)12-8-4-6-10-14(12)21/h3-10,17-18H,1-2H3. The molecule has 4 nitrogen and oxygen atoms in total. The number of esters is 2. The highest BCUT2D eigenvalue weighted by atomic mass is 32.2. The van der Waals surface area contributed by atoms with Gasteiger partial charge in [-0.15, -0.1) is 23.5 Å². The first-order valence-electron chi connectivity index (χ1n) is 8.58. The van der Waals surface area contributed by atoms with Gasteiger partial charge in [0.05, 0.1) is 14.2 Å². The van der Waals surface area contributed by atoms with Crippen LogP contribution in [0, 0.1) is 0 Å². The zero-order chi connectivity index (χ0) is 18.8. The summed E-state index contributed by atoms with van der Waals surface area (Å²) in [5, 5.41) is 0.351. The molecular weight excluding hydrogens is 380 g/mol. The molecule has 0 N–H and O–H groups in total. The number of ether oxygens (including phenoxy) is 2. The van der Waals surface area contributed by atoms with Gasteiger partial charge in [-0.1, -0.05) is 48.5 Å². The fourth-order valence-corrected chi connectivity index (χ4v) is 8.03. The van der Waals surface area contributed by atoms with Crippen LogP contribution >= 0.6 is 23.5 Å². The van der Waals surface area contributed by atoms with Crippen molar-refractivity contribution in [3.8, 4) is 11.1 Å². The van der Waals surface area contributed by atoms with Crippen molar-refractivity contribution in [2.75, 3.05) is 14.2 Å². The maximum atomic E-state index is 12.3. The van der Waals surface area contributed by atoms with Crippen LogP contribution in [0.25, 0.3) is 11.1 Å². The molecule has 136 valence electrons. The van der Waals surface area contributed by atoms with E-state index < -0.39 is 11.9 Å². The number of carbonyl (C=O) groups excluding carboxylic acids is 2. The van der Waals surface area contributed by atoms with E-state index in [4.69, 9.17) is 9.47 Å². The Morgan fingerprint density at radius 1 is 0.778 bits per heavy atom. The molecule has 1 heterocycles. The van der Waals surface area contributed by atoms with Gasteiger partial charge in [-0.25, -0.2) is 9.59 Å². The summed E-state index contributed by atoms with van der Waals surface area (Å²) in [6, 6.07) is 16.9. The molecule has 3 aliphatic rings. The average molecular weight is 396 g/mol. The van der Waals surface area contributed by atoms with Gasteiger partial charge in [0.1, 0.15) is 9.81 Å². The van der Waals surface area contributed by atoms with E-state index in [1.165, 1.54) is 60.0 Å². The highest BCUT2D eigenvalue weighted by molar-refractivity contribution is 8.13. The Labute approximate surface area is 165 Å². The third kappa shape index (κ3) is 2.08. The Hall–Kier alpha value is -2.18. The van der Waals surface area contributed by atoms with E-state index in [0.717, 1.165) is 0 Å². The van der Waals surface area contributed by atoms with Crippen LogP contribution in [-0.2, 0) is 24.5 Å². The molecular formula is C21H16O4S2. The smallest absolute Gasteiger partial charge is 0.345 e. The Morgan fingerprint density at radius 2 is 1.19 bits per heavy atom. The third-order valence-electron chi connectivity index (χ3n) is 5.54. The molecule has 1 spiro atoms. The van der Waals surface area contributed by atoms with Gasteiger partial charge in [0, 0.05) is 15.9 Å². The largest absolute Gasteiger partial charge is 0.465 e. The lowest BCUT2D eigenvalue weighted by Crippen LogP contribution is -2.15. The summed E-state index contributed by atoms with van der Waals surface area (Å²) in [6.45, 7) is 0. The van der Waals surface area contributed by atoms with E-state index >= 15 is 0 Å². The molecule has 1 saturated carbocycles.